The third-order valence-corrected chi connectivity index (χ3v) is 7.72. The van der Waals surface area contributed by atoms with Crippen LogP contribution in [0.2, 0.25) is 0 Å². The van der Waals surface area contributed by atoms with Crippen LogP contribution in [0.25, 0.3) is 0 Å². The minimum absolute atomic E-state index is 0.167. The lowest BCUT2D eigenvalue weighted by atomic mass is 9.95. The predicted octanol–water partition coefficient (Wildman–Crippen LogP) is 4.74. The standard InChI is InChI=1S/C24H28N4O3S2/c1-3-28-19(14-16-10-6-5-7-11-16)26-27-24(28)32-15-20(29)25-22-21(23(30)31-4-2)17-12-8-9-13-18(17)33-22/h5-7,10-11H,3-4,8-9,12-15H2,1-2H3,(H,25,29). The Kier molecular flexibility index (Phi) is 7.82. The molecule has 33 heavy (non-hydrogen) atoms. The highest BCUT2D eigenvalue weighted by atomic mass is 32.2. The van der Waals surface area contributed by atoms with Crippen molar-refractivity contribution in [3.63, 3.8) is 0 Å². The van der Waals surface area contributed by atoms with Crippen molar-refractivity contribution < 1.29 is 14.3 Å². The Hall–Kier alpha value is -2.65. The van der Waals surface area contributed by atoms with Gasteiger partial charge in [-0.2, -0.15) is 0 Å². The highest BCUT2D eigenvalue weighted by Crippen LogP contribution is 2.38. The van der Waals surface area contributed by atoms with Gasteiger partial charge in [0.25, 0.3) is 0 Å². The number of fused-ring (bicyclic) bond motifs is 1. The number of benzene rings is 1. The van der Waals surface area contributed by atoms with E-state index in [1.807, 2.05) is 29.7 Å². The maximum Gasteiger partial charge on any atom is 0.341 e. The zero-order valence-electron chi connectivity index (χ0n) is 18.9. The molecule has 7 nitrogen and oxygen atoms in total. The quantitative estimate of drug-likeness (QED) is 0.349. The molecular weight excluding hydrogens is 456 g/mol. The number of carbonyl (C=O) groups excluding carboxylic acids is 2. The van der Waals surface area contributed by atoms with Gasteiger partial charge in [-0.1, -0.05) is 42.1 Å². The molecular formula is C24H28N4O3S2. The summed E-state index contributed by atoms with van der Waals surface area (Å²) in [6, 6.07) is 10.1. The summed E-state index contributed by atoms with van der Waals surface area (Å²) in [4.78, 5) is 26.6. The first-order valence-corrected chi connectivity index (χ1v) is 13.1. The van der Waals surface area contributed by atoms with Crippen LogP contribution in [-0.2, 0) is 35.3 Å². The normalized spacial score (nSPS) is 12.9. The fourth-order valence-electron chi connectivity index (χ4n) is 4.02. The Morgan fingerprint density at radius 3 is 2.70 bits per heavy atom. The fourth-order valence-corrected chi connectivity index (χ4v) is 6.13. The Bertz CT molecular complexity index is 1120. The Morgan fingerprint density at radius 2 is 1.94 bits per heavy atom. The predicted molar refractivity (Wildman–Crippen MR) is 131 cm³/mol. The minimum Gasteiger partial charge on any atom is -0.462 e. The van der Waals surface area contributed by atoms with Crippen molar-refractivity contribution >= 4 is 40.0 Å². The molecule has 0 unspecified atom stereocenters. The third kappa shape index (κ3) is 5.47. The van der Waals surface area contributed by atoms with E-state index in [0.717, 1.165) is 48.8 Å². The van der Waals surface area contributed by atoms with E-state index in [0.29, 0.717) is 23.6 Å². The summed E-state index contributed by atoms with van der Waals surface area (Å²) < 4.78 is 7.32. The van der Waals surface area contributed by atoms with Crippen molar-refractivity contribution in [3.8, 4) is 0 Å². The topological polar surface area (TPSA) is 86.1 Å². The number of esters is 1. The number of ether oxygens (including phenoxy) is 1. The lowest BCUT2D eigenvalue weighted by Crippen LogP contribution is -2.17. The lowest BCUT2D eigenvalue weighted by molar-refractivity contribution is -0.113. The molecule has 0 bridgehead atoms. The van der Waals surface area contributed by atoms with Crippen molar-refractivity contribution in [2.75, 3.05) is 17.7 Å². The largest absolute Gasteiger partial charge is 0.462 e. The van der Waals surface area contributed by atoms with Gasteiger partial charge in [0.05, 0.1) is 17.9 Å². The molecule has 1 aliphatic carbocycles. The molecule has 9 heteroatoms. The molecule has 2 heterocycles. The number of hydrogen-bond donors (Lipinski definition) is 1. The second-order valence-electron chi connectivity index (χ2n) is 7.78. The Labute approximate surface area is 201 Å². The van der Waals surface area contributed by atoms with E-state index in [4.69, 9.17) is 4.74 Å². The number of carbonyl (C=O) groups is 2. The van der Waals surface area contributed by atoms with Crippen LogP contribution in [0.4, 0.5) is 5.00 Å². The Morgan fingerprint density at radius 1 is 1.15 bits per heavy atom. The van der Waals surface area contributed by atoms with E-state index in [2.05, 4.69) is 27.6 Å². The van der Waals surface area contributed by atoms with Gasteiger partial charge in [0.1, 0.15) is 10.8 Å². The van der Waals surface area contributed by atoms with Crippen molar-refractivity contribution in [1.29, 1.82) is 0 Å². The monoisotopic (exact) mass is 484 g/mol. The van der Waals surface area contributed by atoms with Crippen LogP contribution in [0, 0.1) is 0 Å². The van der Waals surface area contributed by atoms with Gasteiger partial charge in [-0.15, -0.1) is 21.5 Å². The molecule has 2 aromatic heterocycles. The highest BCUT2D eigenvalue weighted by molar-refractivity contribution is 7.99. The summed E-state index contributed by atoms with van der Waals surface area (Å²) in [6.45, 7) is 4.87. The first-order chi connectivity index (χ1) is 16.1. The second kappa shape index (κ2) is 11.0. The molecule has 0 saturated carbocycles. The zero-order chi connectivity index (χ0) is 23.2. The molecule has 0 atom stereocenters. The Balaban J connectivity index is 1.44. The van der Waals surface area contributed by atoms with Crippen molar-refractivity contribution in [2.24, 2.45) is 0 Å². The van der Waals surface area contributed by atoms with Gasteiger partial charge in [0.2, 0.25) is 5.91 Å². The number of anilines is 1. The molecule has 0 saturated heterocycles. The van der Waals surface area contributed by atoms with Crippen LogP contribution >= 0.6 is 23.1 Å². The van der Waals surface area contributed by atoms with Crippen molar-refractivity contribution in [2.45, 2.75) is 57.7 Å². The molecule has 0 spiro atoms. The molecule has 3 aromatic rings. The van der Waals surface area contributed by atoms with Crippen LogP contribution in [-0.4, -0.2) is 39.0 Å². The number of aromatic nitrogens is 3. The number of thioether (sulfide) groups is 1. The SMILES string of the molecule is CCOC(=O)c1c(NC(=O)CSc2nnc(Cc3ccccc3)n2CC)sc2c1CCCC2. The van der Waals surface area contributed by atoms with Gasteiger partial charge in [0.15, 0.2) is 5.16 Å². The van der Waals surface area contributed by atoms with Crippen LogP contribution in [0.5, 0.6) is 0 Å². The van der Waals surface area contributed by atoms with Crippen molar-refractivity contribution in [3.05, 3.63) is 57.7 Å². The average Bonchev–Trinajstić information content (AvgIpc) is 3.38. The average molecular weight is 485 g/mol. The lowest BCUT2D eigenvalue weighted by Gasteiger charge is -2.12. The number of aryl methyl sites for hydroxylation is 1. The summed E-state index contributed by atoms with van der Waals surface area (Å²) in [5, 5.41) is 12.9. The maximum absolute atomic E-state index is 12.8. The van der Waals surface area contributed by atoms with Gasteiger partial charge < -0.3 is 14.6 Å². The third-order valence-electron chi connectivity index (χ3n) is 5.55. The van der Waals surface area contributed by atoms with Gasteiger partial charge in [-0.05, 0) is 50.7 Å². The minimum atomic E-state index is -0.351. The number of thiophene rings is 1. The smallest absolute Gasteiger partial charge is 0.341 e. The molecule has 0 fully saturated rings. The number of hydrogen-bond acceptors (Lipinski definition) is 7. The van der Waals surface area contributed by atoms with Crippen LogP contribution in [0.3, 0.4) is 0 Å². The highest BCUT2D eigenvalue weighted by Gasteiger charge is 2.27. The first-order valence-electron chi connectivity index (χ1n) is 11.3. The summed E-state index contributed by atoms with van der Waals surface area (Å²) in [5.41, 5.74) is 2.75. The summed E-state index contributed by atoms with van der Waals surface area (Å²) in [5.74, 6) is 0.548. The van der Waals surface area contributed by atoms with E-state index >= 15 is 0 Å². The maximum atomic E-state index is 12.8. The molecule has 4 rings (SSSR count). The van der Waals surface area contributed by atoms with Gasteiger partial charge >= 0.3 is 5.97 Å². The van der Waals surface area contributed by atoms with Gasteiger partial charge in [0, 0.05) is 17.8 Å². The summed E-state index contributed by atoms with van der Waals surface area (Å²) in [7, 11) is 0. The zero-order valence-corrected chi connectivity index (χ0v) is 20.6. The van der Waals surface area contributed by atoms with Gasteiger partial charge in [-0.25, -0.2) is 4.79 Å². The van der Waals surface area contributed by atoms with E-state index in [1.165, 1.54) is 33.5 Å². The molecule has 1 N–H and O–H groups in total. The number of rotatable bonds is 9. The summed E-state index contributed by atoms with van der Waals surface area (Å²) >= 11 is 2.86. The molecule has 0 aliphatic heterocycles. The number of nitrogens with zero attached hydrogens (tertiary/aromatic N) is 3. The number of nitrogens with one attached hydrogen (secondary N) is 1. The number of amides is 1. The van der Waals surface area contributed by atoms with Crippen LogP contribution in [0.1, 0.15) is 58.9 Å². The second-order valence-corrected chi connectivity index (χ2v) is 9.83. The summed E-state index contributed by atoms with van der Waals surface area (Å²) in [6.07, 6.45) is 4.65. The van der Waals surface area contributed by atoms with E-state index in [1.54, 1.807) is 6.92 Å². The molecule has 174 valence electrons. The molecule has 1 aromatic carbocycles. The molecule has 1 amide bonds. The van der Waals surface area contributed by atoms with E-state index < -0.39 is 0 Å². The van der Waals surface area contributed by atoms with E-state index in [9.17, 15) is 9.59 Å². The van der Waals surface area contributed by atoms with Gasteiger partial charge in [-0.3, -0.25) is 4.79 Å². The van der Waals surface area contributed by atoms with Crippen LogP contribution < -0.4 is 5.32 Å². The first kappa shape index (κ1) is 23.5. The van der Waals surface area contributed by atoms with Crippen LogP contribution in [0.15, 0.2) is 35.5 Å². The molecule has 1 aliphatic rings. The molecule has 0 radical (unpaired) electrons. The van der Waals surface area contributed by atoms with E-state index in [-0.39, 0.29) is 17.6 Å². The van der Waals surface area contributed by atoms with Crippen molar-refractivity contribution in [1.82, 2.24) is 14.8 Å². The fraction of sp³-hybridized carbons (Fsp3) is 0.417.